The van der Waals surface area contributed by atoms with Crippen LogP contribution in [0.4, 0.5) is 0 Å². The van der Waals surface area contributed by atoms with Gasteiger partial charge in [0.1, 0.15) is 5.75 Å². The molecule has 0 spiro atoms. The van der Waals surface area contributed by atoms with E-state index in [2.05, 4.69) is 21.2 Å². The number of amides is 1. The Labute approximate surface area is 168 Å². The van der Waals surface area contributed by atoms with E-state index in [1.54, 1.807) is 31.4 Å². The lowest BCUT2D eigenvalue weighted by atomic mass is 10.1. The number of carbonyl (C=O) groups excluding carboxylic acids is 2. The number of halogens is 1. The second-order valence-corrected chi connectivity index (χ2v) is 7.12. The van der Waals surface area contributed by atoms with Gasteiger partial charge in [0.25, 0.3) is 0 Å². The van der Waals surface area contributed by atoms with Crippen LogP contribution in [0.3, 0.4) is 0 Å². The number of nitrogens with one attached hydrogen (secondary N) is 1. The van der Waals surface area contributed by atoms with Crippen LogP contribution in [-0.2, 0) is 4.79 Å². The molecular formula is C21H23BrN2O3. The van der Waals surface area contributed by atoms with Gasteiger partial charge in [0.15, 0.2) is 5.78 Å². The smallest absolute Gasteiger partial charge is 0.244 e. The van der Waals surface area contributed by atoms with Crippen molar-refractivity contribution in [1.82, 2.24) is 10.2 Å². The van der Waals surface area contributed by atoms with Crippen LogP contribution < -0.4 is 10.1 Å². The first-order chi connectivity index (χ1) is 12.9. The average Bonchev–Trinajstić information content (AvgIpc) is 2.67. The minimum Gasteiger partial charge on any atom is -0.497 e. The van der Waals surface area contributed by atoms with Crippen molar-refractivity contribution in [3.63, 3.8) is 0 Å². The first-order valence-corrected chi connectivity index (χ1v) is 9.26. The predicted octanol–water partition coefficient (Wildman–Crippen LogP) is 3.62. The Morgan fingerprint density at radius 2 is 1.70 bits per heavy atom. The quantitative estimate of drug-likeness (QED) is 0.513. The van der Waals surface area contributed by atoms with Crippen molar-refractivity contribution in [2.45, 2.75) is 6.04 Å². The summed E-state index contributed by atoms with van der Waals surface area (Å²) in [7, 11) is 5.53. The SMILES string of the molecule is COc1ccc(C(CNC(=O)/C=C/C(=O)c2ccc(Br)cc2)N(C)C)cc1. The lowest BCUT2D eigenvalue weighted by molar-refractivity contribution is -0.116. The number of carbonyl (C=O) groups is 2. The largest absolute Gasteiger partial charge is 0.497 e. The van der Waals surface area contributed by atoms with Gasteiger partial charge in [0.2, 0.25) is 5.91 Å². The third kappa shape index (κ3) is 6.34. The van der Waals surface area contributed by atoms with E-state index >= 15 is 0 Å². The van der Waals surface area contributed by atoms with Crippen LogP contribution in [-0.4, -0.2) is 44.3 Å². The molecule has 0 heterocycles. The molecule has 0 saturated carbocycles. The molecule has 1 N–H and O–H groups in total. The minimum atomic E-state index is -0.305. The number of likely N-dealkylation sites (N-methyl/N-ethyl adjacent to an activating group) is 1. The van der Waals surface area contributed by atoms with Crippen LogP contribution in [0.25, 0.3) is 0 Å². The molecule has 0 aliphatic rings. The van der Waals surface area contributed by atoms with E-state index in [1.807, 2.05) is 43.3 Å². The summed E-state index contributed by atoms with van der Waals surface area (Å²) in [5, 5.41) is 2.85. The van der Waals surface area contributed by atoms with Crippen molar-refractivity contribution in [3.05, 3.63) is 76.3 Å². The monoisotopic (exact) mass is 430 g/mol. The van der Waals surface area contributed by atoms with Gasteiger partial charge >= 0.3 is 0 Å². The van der Waals surface area contributed by atoms with E-state index in [0.717, 1.165) is 15.8 Å². The van der Waals surface area contributed by atoms with Crippen molar-refractivity contribution in [3.8, 4) is 5.75 Å². The van der Waals surface area contributed by atoms with Crippen molar-refractivity contribution < 1.29 is 14.3 Å². The zero-order chi connectivity index (χ0) is 19.8. The normalized spacial score (nSPS) is 12.2. The van der Waals surface area contributed by atoms with Crippen molar-refractivity contribution in [1.29, 1.82) is 0 Å². The fraction of sp³-hybridized carbons (Fsp3) is 0.238. The van der Waals surface area contributed by atoms with Crippen LogP contribution in [0.1, 0.15) is 22.0 Å². The van der Waals surface area contributed by atoms with Gasteiger partial charge in [-0.1, -0.05) is 28.1 Å². The number of hydrogen-bond acceptors (Lipinski definition) is 4. The van der Waals surface area contributed by atoms with Gasteiger partial charge in [-0.3, -0.25) is 9.59 Å². The van der Waals surface area contributed by atoms with Crippen molar-refractivity contribution in [2.75, 3.05) is 27.7 Å². The second kappa shape index (κ2) is 10.0. The molecule has 27 heavy (non-hydrogen) atoms. The lowest BCUT2D eigenvalue weighted by Gasteiger charge is -2.25. The molecule has 0 aliphatic carbocycles. The molecule has 142 valence electrons. The summed E-state index contributed by atoms with van der Waals surface area (Å²) in [4.78, 5) is 26.2. The highest BCUT2D eigenvalue weighted by molar-refractivity contribution is 9.10. The second-order valence-electron chi connectivity index (χ2n) is 6.20. The molecular weight excluding hydrogens is 408 g/mol. The van der Waals surface area contributed by atoms with E-state index in [0.29, 0.717) is 12.1 Å². The fourth-order valence-electron chi connectivity index (χ4n) is 2.54. The summed E-state index contributed by atoms with van der Waals surface area (Å²) in [6.45, 7) is 0.426. The Hall–Kier alpha value is -2.44. The maximum Gasteiger partial charge on any atom is 0.244 e. The number of ketones is 1. The van der Waals surface area contributed by atoms with Crippen molar-refractivity contribution >= 4 is 27.6 Å². The van der Waals surface area contributed by atoms with Gasteiger partial charge in [0.05, 0.1) is 13.2 Å². The number of rotatable bonds is 8. The van der Waals surface area contributed by atoms with Crippen LogP contribution in [0.5, 0.6) is 5.75 Å². The molecule has 0 saturated heterocycles. The molecule has 1 amide bonds. The summed E-state index contributed by atoms with van der Waals surface area (Å²) in [5.41, 5.74) is 1.60. The highest BCUT2D eigenvalue weighted by Gasteiger charge is 2.15. The molecule has 6 heteroatoms. The first kappa shape index (κ1) is 20.9. The minimum absolute atomic E-state index is 0.00966. The molecule has 0 bridgehead atoms. The van der Waals surface area contributed by atoms with Crippen LogP contribution in [0, 0.1) is 0 Å². The van der Waals surface area contributed by atoms with Crippen LogP contribution in [0.15, 0.2) is 65.2 Å². The molecule has 0 fully saturated rings. The number of hydrogen-bond donors (Lipinski definition) is 1. The highest BCUT2D eigenvalue weighted by atomic mass is 79.9. The number of allylic oxidation sites excluding steroid dienone is 1. The maximum absolute atomic E-state index is 12.1. The zero-order valence-electron chi connectivity index (χ0n) is 15.6. The van der Waals surface area contributed by atoms with E-state index < -0.39 is 0 Å². The third-order valence-electron chi connectivity index (χ3n) is 4.11. The Bertz CT molecular complexity index is 799. The molecule has 1 unspecified atom stereocenters. The topological polar surface area (TPSA) is 58.6 Å². The predicted molar refractivity (Wildman–Crippen MR) is 110 cm³/mol. The average molecular weight is 431 g/mol. The van der Waals surface area contributed by atoms with E-state index in [9.17, 15) is 9.59 Å². The van der Waals surface area contributed by atoms with Gasteiger partial charge in [-0.15, -0.1) is 0 Å². The fourth-order valence-corrected chi connectivity index (χ4v) is 2.81. The molecule has 5 nitrogen and oxygen atoms in total. The number of ether oxygens (including phenoxy) is 1. The standard InChI is InChI=1S/C21H23BrN2O3/c1-24(2)19(15-6-10-18(27-3)11-7-15)14-23-21(26)13-12-20(25)16-4-8-17(22)9-5-16/h4-13,19H,14H2,1-3H3,(H,23,26)/b13-12+. The molecule has 2 aromatic rings. The van der Waals surface area contributed by atoms with Gasteiger partial charge in [-0.05, 0) is 62.1 Å². The zero-order valence-corrected chi connectivity index (χ0v) is 17.2. The Kier molecular flexibility index (Phi) is 7.76. The Morgan fingerprint density at radius 3 is 2.26 bits per heavy atom. The summed E-state index contributed by atoms with van der Waals surface area (Å²) in [6, 6.07) is 14.7. The van der Waals surface area contributed by atoms with E-state index in [-0.39, 0.29) is 17.7 Å². The van der Waals surface area contributed by atoms with E-state index in [1.165, 1.54) is 12.2 Å². The highest BCUT2D eigenvalue weighted by Crippen LogP contribution is 2.20. The summed E-state index contributed by atoms with van der Waals surface area (Å²) < 4.78 is 6.08. The number of nitrogens with zero attached hydrogens (tertiary/aromatic N) is 1. The van der Waals surface area contributed by atoms with Gasteiger partial charge in [-0.2, -0.15) is 0 Å². The lowest BCUT2D eigenvalue weighted by Crippen LogP contribution is -2.33. The van der Waals surface area contributed by atoms with E-state index in [4.69, 9.17) is 4.74 Å². The molecule has 2 aromatic carbocycles. The van der Waals surface area contributed by atoms with Gasteiger partial charge in [0, 0.05) is 22.7 Å². The van der Waals surface area contributed by atoms with Gasteiger partial charge < -0.3 is 15.0 Å². The molecule has 0 aliphatic heterocycles. The molecule has 0 aromatic heterocycles. The van der Waals surface area contributed by atoms with Gasteiger partial charge in [-0.25, -0.2) is 0 Å². The van der Waals surface area contributed by atoms with Crippen molar-refractivity contribution in [2.24, 2.45) is 0 Å². The molecule has 2 rings (SSSR count). The molecule has 0 radical (unpaired) electrons. The Morgan fingerprint density at radius 1 is 1.07 bits per heavy atom. The summed E-state index contributed by atoms with van der Waals surface area (Å²) >= 11 is 3.33. The number of benzene rings is 2. The first-order valence-electron chi connectivity index (χ1n) is 8.47. The number of methoxy groups -OCH3 is 1. The van der Waals surface area contributed by atoms with Crippen LogP contribution in [0.2, 0.25) is 0 Å². The Balaban J connectivity index is 1.94. The summed E-state index contributed by atoms with van der Waals surface area (Å²) in [5.74, 6) is 0.271. The van der Waals surface area contributed by atoms with Crippen LogP contribution >= 0.6 is 15.9 Å². The molecule has 1 atom stereocenters. The third-order valence-corrected chi connectivity index (χ3v) is 4.64. The summed E-state index contributed by atoms with van der Waals surface area (Å²) in [6.07, 6.45) is 2.56. The maximum atomic E-state index is 12.1.